The lowest BCUT2D eigenvalue weighted by molar-refractivity contribution is 0.0827. The van der Waals surface area contributed by atoms with Gasteiger partial charge in [-0.25, -0.2) is 4.99 Å². The molecule has 2 aromatic rings. The second-order valence-corrected chi connectivity index (χ2v) is 7.01. The first-order valence-electron chi connectivity index (χ1n) is 10.2. The number of ether oxygens (including phenoxy) is 1. The van der Waals surface area contributed by atoms with Gasteiger partial charge < -0.3 is 25.4 Å². The standard InChI is InChI=1S/C23H32N4O3.HI/c1-5-24-23(26-16-18-10-11-20(28)21(15-18)30-6-2)25-13-12-17-8-7-9-19(14-17)22(29)27(3)4;/h7-11,14-15,28H,5-6,12-13,16H2,1-4H3,(H2,24,25,26);1H. The molecule has 2 rings (SSSR count). The van der Waals surface area contributed by atoms with Crippen molar-refractivity contribution in [2.45, 2.75) is 26.8 Å². The number of carbonyl (C=O) groups is 1. The van der Waals surface area contributed by atoms with Crippen molar-refractivity contribution < 1.29 is 14.6 Å². The lowest BCUT2D eigenvalue weighted by Gasteiger charge is -2.13. The Morgan fingerprint density at radius 1 is 1.10 bits per heavy atom. The van der Waals surface area contributed by atoms with Crippen LogP contribution in [0.4, 0.5) is 0 Å². The molecular formula is C23H33IN4O3. The zero-order valence-electron chi connectivity index (χ0n) is 18.6. The smallest absolute Gasteiger partial charge is 0.253 e. The van der Waals surface area contributed by atoms with Gasteiger partial charge in [0.25, 0.3) is 5.91 Å². The number of halogens is 1. The maximum atomic E-state index is 12.1. The summed E-state index contributed by atoms with van der Waals surface area (Å²) >= 11 is 0. The zero-order valence-corrected chi connectivity index (χ0v) is 21.0. The molecule has 0 aliphatic heterocycles. The van der Waals surface area contributed by atoms with E-state index in [2.05, 4.69) is 15.6 Å². The number of guanidine groups is 1. The van der Waals surface area contributed by atoms with Crippen LogP contribution >= 0.6 is 24.0 Å². The average molecular weight is 540 g/mol. The maximum Gasteiger partial charge on any atom is 0.253 e. The second kappa shape index (κ2) is 13.7. The monoisotopic (exact) mass is 540 g/mol. The van der Waals surface area contributed by atoms with Crippen LogP contribution in [0.5, 0.6) is 11.5 Å². The van der Waals surface area contributed by atoms with Gasteiger partial charge in [-0.1, -0.05) is 18.2 Å². The highest BCUT2D eigenvalue weighted by Gasteiger charge is 2.08. The molecule has 0 aromatic heterocycles. The van der Waals surface area contributed by atoms with Crippen molar-refractivity contribution >= 4 is 35.8 Å². The Bertz CT molecular complexity index is 872. The van der Waals surface area contributed by atoms with Crippen LogP contribution < -0.4 is 15.4 Å². The van der Waals surface area contributed by atoms with Gasteiger partial charge in [0.1, 0.15) is 0 Å². The number of benzene rings is 2. The molecule has 1 amide bonds. The van der Waals surface area contributed by atoms with Gasteiger partial charge in [-0.05, 0) is 55.7 Å². The zero-order chi connectivity index (χ0) is 21.9. The predicted octanol–water partition coefficient (Wildman–Crippen LogP) is 3.41. The van der Waals surface area contributed by atoms with E-state index in [0.717, 1.165) is 24.1 Å². The lowest BCUT2D eigenvalue weighted by Crippen LogP contribution is -2.38. The normalized spacial score (nSPS) is 10.8. The van der Waals surface area contributed by atoms with E-state index >= 15 is 0 Å². The summed E-state index contributed by atoms with van der Waals surface area (Å²) in [5.41, 5.74) is 2.73. The fourth-order valence-electron chi connectivity index (χ4n) is 2.88. The molecule has 0 aliphatic carbocycles. The SMILES string of the molecule is CCNC(=NCc1ccc(O)c(OCC)c1)NCCc1cccc(C(=O)N(C)C)c1.I. The third-order valence-corrected chi connectivity index (χ3v) is 4.37. The minimum Gasteiger partial charge on any atom is -0.504 e. The first kappa shape index (κ1) is 26.5. The van der Waals surface area contributed by atoms with Crippen LogP contribution in [0.2, 0.25) is 0 Å². The number of aromatic hydroxyl groups is 1. The highest BCUT2D eigenvalue weighted by atomic mass is 127. The number of aliphatic imine (C=N–C) groups is 1. The van der Waals surface area contributed by atoms with Crippen LogP contribution in [-0.2, 0) is 13.0 Å². The summed E-state index contributed by atoms with van der Waals surface area (Å²) in [6.45, 7) is 6.28. The molecule has 0 radical (unpaired) electrons. The van der Waals surface area contributed by atoms with Crippen LogP contribution in [-0.4, -0.2) is 55.7 Å². The second-order valence-electron chi connectivity index (χ2n) is 7.01. The Hall–Kier alpha value is -2.49. The van der Waals surface area contributed by atoms with Gasteiger partial charge in [0.2, 0.25) is 0 Å². The summed E-state index contributed by atoms with van der Waals surface area (Å²) in [5.74, 6) is 1.31. The largest absolute Gasteiger partial charge is 0.504 e. The van der Waals surface area contributed by atoms with Crippen molar-refractivity contribution in [3.8, 4) is 11.5 Å². The molecule has 7 nitrogen and oxygen atoms in total. The van der Waals surface area contributed by atoms with Crippen LogP contribution in [0.15, 0.2) is 47.5 Å². The summed E-state index contributed by atoms with van der Waals surface area (Å²) < 4.78 is 5.43. The number of phenols is 1. The van der Waals surface area contributed by atoms with Gasteiger partial charge in [-0.3, -0.25) is 4.79 Å². The number of nitrogens with zero attached hydrogens (tertiary/aromatic N) is 2. The first-order valence-corrected chi connectivity index (χ1v) is 10.2. The number of rotatable bonds is 9. The Morgan fingerprint density at radius 3 is 2.55 bits per heavy atom. The van der Waals surface area contributed by atoms with Crippen LogP contribution in [0, 0.1) is 0 Å². The van der Waals surface area contributed by atoms with Gasteiger partial charge in [-0.2, -0.15) is 0 Å². The van der Waals surface area contributed by atoms with Gasteiger partial charge >= 0.3 is 0 Å². The van der Waals surface area contributed by atoms with Crippen LogP contribution in [0.25, 0.3) is 0 Å². The molecule has 0 aliphatic rings. The molecule has 0 heterocycles. The third kappa shape index (κ3) is 8.64. The summed E-state index contributed by atoms with van der Waals surface area (Å²) in [5, 5.41) is 16.4. The Labute approximate surface area is 201 Å². The van der Waals surface area contributed by atoms with Gasteiger partial charge in [0, 0.05) is 32.7 Å². The third-order valence-electron chi connectivity index (χ3n) is 4.37. The molecule has 0 unspecified atom stereocenters. The van der Waals surface area contributed by atoms with E-state index in [1.165, 1.54) is 0 Å². The van der Waals surface area contributed by atoms with Crippen molar-refractivity contribution in [2.75, 3.05) is 33.8 Å². The van der Waals surface area contributed by atoms with Crippen LogP contribution in [0.1, 0.15) is 35.3 Å². The van der Waals surface area contributed by atoms with Crippen molar-refractivity contribution in [2.24, 2.45) is 4.99 Å². The van der Waals surface area contributed by atoms with Crippen molar-refractivity contribution in [1.82, 2.24) is 15.5 Å². The van der Waals surface area contributed by atoms with Crippen molar-refractivity contribution in [3.63, 3.8) is 0 Å². The molecule has 0 saturated heterocycles. The fraction of sp³-hybridized carbons (Fsp3) is 0.391. The van der Waals surface area contributed by atoms with E-state index < -0.39 is 0 Å². The average Bonchev–Trinajstić information content (AvgIpc) is 2.73. The molecule has 2 aromatic carbocycles. The van der Waals surface area contributed by atoms with Crippen molar-refractivity contribution in [3.05, 3.63) is 59.2 Å². The minimum atomic E-state index is 0. The van der Waals surface area contributed by atoms with E-state index in [0.29, 0.717) is 37.0 Å². The summed E-state index contributed by atoms with van der Waals surface area (Å²) in [6.07, 6.45) is 0.770. The minimum absolute atomic E-state index is 0. The number of nitrogens with one attached hydrogen (secondary N) is 2. The summed E-state index contributed by atoms with van der Waals surface area (Å²) in [6, 6.07) is 12.9. The number of carbonyl (C=O) groups excluding carboxylic acids is 1. The molecule has 170 valence electrons. The van der Waals surface area contributed by atoms with Crippen LogP contribution in [0.3, 0.4) is 0 Å². The predicted molar refractivity (Wildman–Crippen MR) is 136 cm³/mol. The van der Waals surface area contributed by atoms with E-state index in [-0.39, 0.29) is 35.6 Å². The van der Waals surface area contributed by atoms with E-state index in [1.54, 1.807) is 31.1 Å². The number of amides is 1. The molecule has 31 heavy (non-hydrogen) atoms. The number of phenolic OH excluding ortho intramolecular Hbond substituents is 1. The van der Waals surface area contributed by atoms with E-state index in [1.807, 2.05) is 44.2 Å². The highest BCUT2D eigenvalue weighted by Crippen LogP contribution is 2.27. The fourth-order valence-corrected chi connectivity index (χ4v) is 2.88. The van der Waals surface area contributed by atoms with Gasteiger partial charge in [0.15, 0.2) is 17.5 Å². The maximum absolute atomic E-state index is 12.1. The van der Waals surface area contributed by atoms with E-state index in [4.69, 9.17) is 4.74 Å². The topological polar surface area (TPSA) is 86.2 Å². The lowest BCUT2D eigenvalue weighted by atomic mass is 10.1. The molecule has 8 heteroatoms. The number of hydrogen-bond acceptors (Lipinski definition) is 4. The van der Waals surface area contributed by atoms with Crippen molar-refractivity contribution in [1.29, 1.82) is 0 Å². The Morgan fingerprint density at radius 2 is 1.87 bits per heavy atom. The summed E-state index contributed by atoms with van der Waals surface area (Å²) in [4.78, 5) is 18.3. The molecule has 0 atom stereocenters. The Kier molecular flexibility index (Phi) is 11.8. The van der Waals surface area contributed by atoms with Gasteiger partial charge in [-0.15, -0.1) is 24.0 Å². The highest BCUT2D eigenvalue weighted by molar-refractivity contribution is 14.0. The Balaban J connectivity index is 0.00000480. The molecule has 0 spiro atoms. The molecule has 0 bridgehead atoms. The molecule has 3 N–H and O–H groups in total. The quantitative estimate of drug-likeness (QED) is 0.258. The summed E-state index contributed by atoms with van der Waals surface area (Å²) in [7, 11) is 3.50. The number of hydrogen-bond donors (Lipinski definition) is 3. The van der Waals surface area contributed by atoms with Gasteiger partial charge in [0.05, 0.1) is 13.2 Å². The van der Waals surface area contributed by atoms with E-state index in [9.17, 15) is 9.90 Å². The molecule has 0 saturated carbocycles. The molecular weight excluding hydrogens is 507 g/mol. The first-order chi connectivity index (χ1) is 14.4. The molecule has 0 fully saturated rings.